The van der Waals surface area contributed by atoms with E-state index in [-0.39, 0.29) is 6.10 Å². The maximum atomic E-state index is 9.45. The van der Waals surface area contributed by atoms with Gasteiger partial charge in [0, 0.05) is 18.7 Å². The molecule has 1 aromatic rings. The van der Waals surface area contributed by atoms with Crippen molar-refractivity contribution in [3.63, 3.8) is 0 Å². The second-order valence-electron chi connectivity index (χ2n) is 6.85. The number of β-amino-alcohol motifs (C(OH)–C–C–N with tert-alkyl or cyclic N) is 1. The van der Waals surface area contributed by atoms with Crippen LogP contribution in [-0.2, 0) is 0 Å². The molecule has 3 rings (SSSR count). The molecule has 0 radical (unpaired) electrons. The molecule has 0 aromatic heterocycles. The Bertz CT molecular complexity index is 534. The summed E-state index contributed by atoms with van der Waals surface area (Å²) < 4.78 is 5.79. The average molecular weight is 316 g/mol. The third-order valence-corrected chi connectivity index (χ3v) is 4.71. The Morgan fingerprint density at radius 1 is 1.30 bits per heavy atom. The van der Waals surface area contributed by atoms with Crippen LogP contribution in [0.25, 0.3) is 6.08 Å². The van der Waals surface area contributed by atoms with Gasteiger partial charge in [0.2, 0.25) is 0 Å². The van der Waals surface area contributed by atoms with Gasteiger partial charge in [-0.05, 0) is 63.0 Å². The summed E-state index contributed by atoms with van der Waals surface area (Å²) >= 11 is 0. The molecular formula is C19H28N2O2. The zero-order valence-corrected chi connectivity index (χ0v) is 14.0. The van der Waals surface area contributed by atoms with Crippen LogP contribution in [0.4, 0.5) is 0 Å². The maximum absolute atomic E-state index is 9.45. The minimum Gasteiger partial charge on any atom is -0.489 e. The number of rotatable bonds is 6. The zero-order chi connectivity index (χ0) is 16.1. The summed E-state index contributed by atoms with van der Waals surface area (Å²) in [5.41, 5.74) is 2.50. The third kappa shape index (κ3) is 4.80. The molecular weight excluding hydrogens is 288 g/mol. The van der Waals surface area contributed by atoms with Crippen LogP contribution in [0.3, 0.4) is 0 Å². The summed E-state index contributed by atoms with van der Waals surface area (Å²) in [5, 5.41) is 13.0. The van der Waals surface area contributed by atoms with E-state index in [4.69, 9.17) is 4.74 Å². The molecule has 2 aliphatic heterocycles. The second kappa shape index (κ2) is 7.95. The zero-order valence-electron chi connectivity index (χ0n) is 14.0. The van der Waals surface area contributed by atoms with E-state index in [1.54, 1.807) is 0 Å². The Morgan fingerprint density at radius 2 is 2.09 bits per heavy atom. The van der Waals surface area contributed by atoms with Crippen LogP contribution in [0, 0.1) is 5.92 Å². The van der Waals surface area contributed by atoms with Crippen molar-refractivity contribution in [2.75, 3.05) is 39.3 Å². The molecule has 1 saturated heterocycles. The predicted octanol–water partition coefficient (Wildman–Crippen LogP) is 2.14. The molecule has 23 heavy (non-hydrogen) atoms. The van der Waals surface area contributed by atoms with Gasteiger partial charge in [-0.15, -0.1) is 0 Å². The van der Waals surface area contributed by atoms with Gasteiger partial charge in [-0.3, -0.25) is 0 Å². The number of hydrogen-bond donors (Lipinski definition) is 2. The number of nitrogens with one attached hydrogen (secondary N) is 1. The lowest BCUT2D eigenvalue weighted by atomic mass is 9.96. The molecule has 1 atom stereocenters. The van der Waals surface area contributed by atoms with Crippen LogP contribution in [0.2, 0.25) is 0 Å². The molecule has 2 N–H and O–H groups in total. The minimum absolute atomic E-state index is 0.217. The average Bonchev–Trinajstić information content (AvgIpc) is 2.56. The van der Waals surface area contributed by atoms with Crippen LogP contribution in [-0.4, -0.2) is 55.4 Å². The fraction of sp³-hybridized carbons (Fsp3) is 0.579. The van der Waals surface area contributed by atoms with Gasteiger partial charge in [0.25, 0.3) is 0 Å². The number of fused-ring (bicyclic) bond motifs is 1. The van der Waals surface area contributed by atoms with Gasteiger partial charge in [0.1, 0.15) is 12.4 Å². The van der Waals surface area contributed by atoms with E-state index in [1.807, 2.05) is 19.1 Å². The number of hydrogen-bond acceptors (Lipinski definition) is 4. The normalized spacial score (nSPS) is 20.5. The molecule has 0 bridgehead atoms. The standard InChI is InChI=1S/C19H28N2O2/c1-15(22)13-21-8-6-16(7-9-21)11-20-12-17-10-18-4-2-3-5-19(18)23-14-17/h2-5,10,15-16,20,22H,6-9,11-14H2,1H3/t15-/m1/s1. The predicted molar refractivity (Wildman–Crippen MR) is 93.6 cm³/mol. The summed E-state index contributed by atoms with van der Waals surface area (Å²) in [6.07, 6.45) is 4.47. The first-order valence-electron chi connectivity index (χ1n) is 8.73. The number of aliphatic hydroxyl groups excluding tert-OH is 1. The third-order valence-electron chi connectivity index (χ3n) is 4.71. The van der Waals surface area contributed by atoms with E-state index in [0.29, 0.717) is 6.61 Å². The molecule has 2 aliphatic rings. The molecule has 2 heterocycles. The van der Waals surface area contributed by atoms with E-state index in [9.17, 15) is 5.11 Å². The molecule has 0 amide bonds. The van der Waals surface area contributed by atoms with E-state index in [1.165, 1.54) is 24.0 Å². The monoisotopic (exact) mass is 316 g/mol. The Morgan fingerprint density at radius 3 is 2.87 bits per heavy atom. The number of benzene rings is 1. The minimum atomic E-state index is -0.217. The summed E-state index contributed by atoms with van der Waals surface area (Å²) in [6.45, 7) is 7.56. The first-order valence-corrected chi connectivity index (χ1v) is 8.73. The molecule has 126 valence electrons. The van der Waals surface area contributed by atoms with Crippen LogP contribution >= 0.6 is 0 Å². The quantitative estimate of drug-likeness (QED) is 0.844. The molecule has 0 aliphatic carbocycles. The Kier molecular flexibility index (Phi) is 5.70. The number of ether oxygens (including phenoxy) is 1. The first kappa shape index (κ1) is 16.5. The lowest BCUT2D eigenvalue weighted by Gasteiger charge is -2.32. The number of likely N-dealkylation sites (tertiary alicyclic amines) is 1. The van der Waals surface area contributed by atoms with Gasteiger partial charge in [-0.2, -0.15) is 0 Å². The molecule has 0 spiro atoms. The van der Waals surface area contributed by atoms with E-state index in [0.717, 1.165) is 44.4 Å². The number of aliphatic hydroxyl groups is 1. The van der Waals surface area contributed by atoms with Crippen molar-refractivity contribution in [2.45, 2.75) is 25.9 Å². The van der Waals surface area contributed by atoms with Crippen LogP contribution in [0.5, 0.6) is 5.75 Å². The molecule has 1 aromatic carbocycles. The van der Waals surface area contributed by atoms with Gasteiger partial charge >= 0.3 is 0 Å². The van der Waals surface area contributed by atoms with Crippen LogP contribution in [0.15, 0.2) is 29.8 Å². The van der Waals surface area contributed by atoms with E-state index >= 15 is 0 Å². The highest BCUT2D eigenvalue weighted by Gasteiger charge is 2.20. The molecule has 1 fully saturated rings. The van der Waals surface area contributed by atoms with E-state index < -0.39 is 0 Å². The maximum Gasteiger partial charge on any atom is 0.127 e. The number of nitrogens with zero attached hydrogens (tertiary/aromatic N) is 1. The summed E-state index contributed by atoms with van der Waals surface area (Å²) in [7, 11) is 0. The van der Waals surface area contributed by atoms with Gasteiger partial charge < -0.3 is 20.1 Å². The van der Waals surface area contributed by atoms with Gasteiger partial charge in [-0.1, -0.05) is 18.2 Å². The highest BCUT2D eigenvalue weighted by molar-refractivity contribution is 5.62. The number of piperidine rings is 1. The molecule has 4 nitrogen and oxygen atoms in total. The molecule has 4 heteroatoms. The fourth-order valence-electron chi connectivity index (χ4n) is 3.45. The highest BCUT2D eigenvalue weighted by atomic mass is 16.5. The van der Waals surface area contributed by atoms with Crippen molar-refractivity contribution in [1.82, 2.24) is 10.2 Å². The summed E-state index contributed by atoms with van der Waals surface area (Å²) in [4.78, 5) is 2.37. The van der Waals surface area contributed by atoms with Crippen molar-refractivity contribution < 1.29 is 9.84 Å². The lowest BCUT2D eigenvalue weighted by Crippen LogP contribution is -2.40. The number of para-hydroxylation sites is 1. The summed E-state index contributed by atoms with van der Waals surface area (Å²) in [6, 6.07) is 8.19. The van der Waals surface area contributed by atoms with Crippen LogP contribution < -0.4 is 10.1 Å². The van der Waals surface area contributed by atoms with Gasteiger partial charge in [-0.25, -0.2) is 0 Å². The smallest absolute Gasteiger partial charge is 0.127 e. The van der Waals surface area contributed by atoms with Crippen molar-refractivity contribution >= 4 is 6.08 Å². The van der Waals surface area contributed by atoms with Crippen LogP contribution in [0.1, 0.15) is 25.3 Å². The first-order chi connectivity index (χ1) is 11.2. The Hall–Kier alpha value is -1.36. The van der Waals surface area contributed by atoms with Gasteiger partial charge in [0.05, 0.1) is 6.10 Å². The second-order valence-corrected chi connectivity index (χ2v) is 6.85. The Balaban J connectivity index is 1.39. The SMILES string of the molecule is C[C@@H](O)CN1CCC(CNCC2=Cc3ccccc3OC2)CC1. The molecule has 0 unspecified atom stereocenters. The van der Waals surface area contributed by atoms with E-state index in [2.05, 4.69) is 28.4 Å². The topological polar surface area (TPSA) is 44.7 Å². The lowest BCUT2D eigenvalue weighted by molar-refractivity contribution is 0.1000. The highest BCUT2D eigenvalue weighted by Crippen LogP contribution is 2.25. The Labute approximate surface area is 139 Å². The van der Waals surface area contributed by atoms with Crippen molar-refractivity contribution in [2.24, 2.45) is 5.92 Å². The van der Waals surface area contributed by atoms with Gasteiger partial charge in [0.15, 0.2) is 0 Å². The van der Waals surface area contributed by atoms with Crippen molar-refractivity contribution in [3.8, 4) is 5.75 Å². The molecule has 0 saturated carbocycles. The fourth-order valence-corrected chi connectivity index (χ4v) is 3.45. The van der Waals surface area contributed by atoms with Crippen molar-refractivity contribution in [3.05, 3.63) is 35.4 Å². The summed E-state index contributed by atoms with van der Waals surface area (Å²) in [5.74, 6) is 1.74. The largest absolute Gasteiger partial charge is 0.489 e. The van der Waals surface area contributed by atoms with Crippen molar-refractivity contribution in [1.29, 1.82) is 0 Å².